The first kappa shape index (κ1) is 8.32. The van der Waals surface area contributed by atoms with Gasteiger partial charge in [0.25, 0.3) is 0 Å². The fourth-order valence-corrected chi connectivity index (χ4v) is 2.76. The summed E-state index contributed by atoms with van der Waals surface area (Å²) in [7, 11) is 0. The third-order valence-electron chi connectivity index (χ3n) is 2.00. The van der Waals surface area contributed by atoms with Gasteiger partial charge in [0.2, 0.25) is 0 Å². The summed E-state index contributed by atoms with van der Waals surface area (Å²) in [6.07, 6.45) is 1.08. The Hall–Kier alpha value is -0.280. The Bertz CT molecular complexity index is 299. The number of thioether (sulfide) groups is 1. The molecule has 1 atom stereocenters. The molecule has 1 nitrogen and oxygen atoms in total. The smallest absolute Gasteiger partial charge is 0.121 e. The third-order valence-corrected chi connectivity index (χ3v) is 3.38. The molecule has 0 bridgehead atoms. The zero-order valence-electron chi connectivity index (χ0n) is 6.87. The van der Waals surface area contributed by atoms with Crippen LogP contribution in [0.1, 0.15) is 12.5 Å². The number of thiol groups is 1. The number of hydrogen-bond donors (Lipinski definition) is 2. The van der Waals surface area contributed by atoms with Gasteiger partial charge in [0.05, 0.1) is 5.69 Å². The molecule has 0 amide bonds. The number of fused-ring (bicyclic) bond motifs is 1. The molecular weight excluding hydrogens is 186 g/mol. The quantitative estimate of drug-likeness (QED) is 0.671. The molecule has 1 unspecified atom stereocenters. The van der Waals surface area contributed by atoms with Gasteiger partial charge in [0.15, 0.2) is 0 Å². The van der Waals surface area contributed by atoms with Crippen LogP contribution in [0, 0.1) is 0 Å². The summed E-state index contributed by atoms with van der Waals surface area (Å²) in [6, 6.07) is 6.42. The summed E-state index contributed by atoms with van der Waals surface area (Å²) in [5.74, 6) is 0. The van der Waals surface area contributed by atoms with Gasteiger partial charge in [-0.3, -0.25) is 0 Å². The van der Waals surface area contributed by atoms with Gasteiger partial charge in [-0.2, -0.15) is 0 Å². The topological polar surface area (TPSA) is 12.0 Å². The summed E-state index contributed by atoms with van der Waals surface area (Å²) in [4.78, 5) is 1.33. The van der Waals surface area contributed by atoms with Gasteiger partial charge in [-0.25, -0.2) is 0 Å². The monoisotopic (exact) mass is 197 g/mol. The number of para-hydroxylation sites is 1. The molecule has 1 N–H and O–H groups in total. The van der Waals surface area contributed by atoms with Gasteiger partial charge in [0, 0.05) is 4.90 Å². The van der Waals surface area contributed by atoms with Gasteiger partial charge in [-0.1, -0.05) is 30.8 Å². The average Bonchev–Trinajstić information content (AvgIpc) is 2.44. The summed E-state index contributed by atoms with van der Waals surface area (Å²) in [6.45, 7) is 2.17. The number of aryl methyl sites for hydroxylation is 1. The van der Waals surface area contributed by atoms with Crippen LogP contribution in [0.25, 0.3) is 0 Å². The van der Waals surface area contributed by atoms with E-state index in [9.17, 15) is 0 Å². The van der Waals surface area contributed by atoms with E-state index >= 15 is 0 Å². The molecule has 0 aliphatic carbocycles. The number of benzene rings is 1. The van der Waals surface area contributed by atoms with Crippen LogP contribution in [-0.4, -0.2) is 4.71 Å². The van der Waals surface area contributed by atoms with Crippen LogP contribution >= 0.6 is 24.4 Å². The van der Waals surface area contributed by atoms with E-state index < -0.39 is 0 Å². The van der Waals surface area contributed by atoms with E-state index in [1.807, 2.05) is 0 Å². The number of hydrogen-bond acceptors (Lipinski definition) is 3. The van der Waals surface area contributed by atoms with Crippen molar-refractivity contribution in [3.05, 3.63) is 23.8 Å². The molecule has 12 heavy (non-hydrogen) atoms. The summed E-state index contributed by atoms with van der Waals surface area (Å²) >= 11 is 6.15. The van der Waals surface area contributed by atoms with Crippen molar-refractivity contribution >= 4 is 30.1 Å². The van der Waals surface area contributed by atoms with E-state index in [2.05, 4.69) is 43.1 Å². The summed E-state index contributed by atoms with van der Waals surface area (Å²) in [5.41, 5.74) is 2.67. The van der Waals surface area contributed by atoms with Crippen molar-refractivity contribution in [1.29, 1.82) is 0 Å². The van der Waals surface area contributed by atoms with E-state index in [0.29, 0.717) is 0 Å². The molecule has 0 spiro atoms. The predicted molar refractivity (Wildman–Crippen MR) is 58.1 cm³/mol. The molecule has 1 aromatic rings. The Kier molecular flexibility index (Phi) is 2.24. The summed E-state index contributed by atoms with van der Waals surface area (Å²) < 4.78 is 0.229. The van der Waals surface area contributed by atoms with Crippen molar-refractivity contribution in [2.24, 2.45) is 0 Å². The van der Waals surface area contributed by atoms with Crippen molar-refractivity contribution in [1.82, 2.24) is 0 Å². The molecule has 1 heterocycles. The van der Waals surface area contributed by atoms with Gasteiger partial charge in [-0.15, -0.1) is 12.6 Å². The molecule has 1 aliphatic rings. The molecule has 0 radical (unpaired) electrons. The highest BCUT2D eigenvalue weighted by molar-refractivity contribution is 8.10. The molecule has 2 rings (SSSR count). The number of nitrogens with one attached hydrogen (secondary N) is 1. The second-order valence-electron chi connectivity index (χ2n) is 2.76. The lowest BCUT2D eigenvalue weighted by Crippen LogP contribution is -2.01. The van der Waals surface area contributed by atoms with Crippen LogP contribution in [0.2, 0.25) is 0 Å². The lowest BCUT2D eigenvalue weighted by molar-refractivity contribution is 1.12. The lowest BCUT2D eigenvalue weighted by atomic mass is 10.1. The molecule has 0 aromatic heterocycles. The normalized spacial score (nSPS) is 20.3. The first-order chi connectivity index (χ1) is 5.81. The van der Waals surface area contributed by atoms with Crippen molar-refractivity contribution in [2.75, 3.05) is 5.32 Å². The average molecular weight is 197 g/mol. The largest absolute Gasteiger partial charge is 0.364 e. The maximum absolute atomic E-state index is 4.38. The third kappa shape index (κ3) is 1.31. The fraction of sp³-hybridized carbons (Fsp3) is 0.333. The van der Waals surface area contributed by atoms with Gasteiger partial charge in [-0.05, 0) is 18.1 Å². The molecule has 0 saturated heterocycles. The molecule has 3 heteroatoms. The Morgan fingerprint density at radius 1 is 1.58 bits per heavy atom. The van der Waals surface area contributed by atoms with E-state index in [-0.39, 0.29) is 4.71 Å². The van der Waals surface area contributed by atoms with Crippen LogP contribution in [0.3, 0.4) is 0 Å². The molecule has 0 saturated carbocycles. The van der Waals surface area contributed by atoms with Gasteiger partial charge < -0.3 is 5.32 Å². The molecule has 1 aromatic carbocycles. The van der Waals surface area contributed by atoms with Crippen molar-refractivity contribution < 1.29 is 0 Å². The molecular formula is C9H11NS2. The Balaban J connectivity index is 2.44. The standard InChI is InChI=1S/C9H11NS2/c1-2-6-4-3-5-7-8(6)10-9(11)12-7/h3-5,9-11H,2H2,1H3. The summed E-state index contributed by atoms with van der Waals surface area (Å²) in [5, 5.41) is 3.34. The highest BCUT2D eigenvalue weighted by Crippen LogP contribution is 2.41. The Labute approximate surface area is 82.3 Å². The minimum atomic E-state index is 0.229. The molecule has 1 aliphatic heterocycles. The minimum absolute atomic E-state index is 0.229. The van der Waals surface area contributed by atoms with Gasteiger partial charge in [0.1, 0.15) is 4.71 Å². The Morgan fingerprint density at radius 2 is 2.42 bits per heavy atom. The first-order valence-electron chi connectivity index (χ1n) is 4.04. The Morgan fingerprint density at radius 3 is 3.17 bits per heavy atom. The van der Waals surface area contributed by atoms with Crippen LogP contribution < -0.4 is 5.32 Å². The minimum Gasteiger partial charge on any atom is -0.364 e. The number of anilines is 1. The van der Waals surface area contributed by atoms with E-state index in [0.717, 1.165) is 6.42 Å². The highest BCUT2D eigenvalue weighted by atomic mass is 32.2. The zero-order valence-corrected chi connectivity index (χ0v) is 8.58. The first-order valence-corrected chi connectivity index (χ1v) is 5.44. The van der Waals surface area contributed by atoms with Gasteiger partial charge >= 0.3 is 0 Å². The van der Waals surface area contributed by atoms with Crippen LogP contribution in [0.5, 0.6) is 0 Å². The van der Waals surface area contributed by atoms with Crippen molar-refractivity contribution in [3.8, 4) is 0 Å². The highest BCUT2D eigenvalue weighted by Gasteiger charge is 2.19. The van der Waals surface area contributed by atoms with Crippen molar-refractivity contribution in [2.45, 2.75) is 22.9 Å². The van der Waals surface area contributed by atoms with E-state index in [4.69, 9.17) is 0 Å². The fourth-order valence-electron chi connectivity index (χ4n) is 1.41. The second kappa shape index (κ2) is 3.23. The maximum Gasteiger partial charge on any atom is 0.121 e. The van der Waals surface area contributed by atoms with Crippen LogP contribution in [-0.2, 0) is 6.42 Å². The number of rotatable bonds is 1. The van der Waals surface area contributed by atoms with E-state index in [1.165, 1.54) is 16.1 Å². The van der Waals surface area contributed by atoms with Crippen molar-refractivity contribution in [3.63, 3.8) is 0 Å². The molecule has 0 fully saturated rings. The SMILES string of the molecule is CCc1cccc2c1NC(S)S2. The second-order valence-corrected chi connectivity index (χ2v) is 4.77. The predicted octanol–water partition coefficient (Wildman–Crippen LogP) is 2.98. The zero-order chi connectivity index (χ0) is 8.55. The maximum atomic E-state index is 4.38. The lowest BCUT2D eigenvalue weighted by Gasteiger charge is -2.05. The van der Waals surface area contributed by atoms with Crippen LogP contribution in [0.4, 0.5) is 5.69 Å². The van der Waals surface area contributed by atoms with Crippen LogP contribution in [0.15, 0.2) is 23.1 Å². The van der Waals surface area contributed by atoms with E-state index in [1.54, 1.807) is 11.8 Å². The molecule has 64 valence electrons.